The number of hydrogen-bond donors (Lipinski definition) is 0. The van der Waals surface area contributed by atoms with Gasteiger partial charge in [-0.2, -0.15) is 0 Å². The Morgan fingerprint density at radius 1 is 1.29 bits per heavy atom. The molecule has 4 nitrogen and oxygen atoms in total. The number of ether oxygens (including phenoxy) is 2. The standard InChI is InChI=1S/C13H23NO3/c1-2-17-12(15)11-13(5-9-16-10-6-13)14-7-3-4-8-14/h2-11H2,1H3. The van der Waals surface area contributed by atoms with Gasteiger partial charge < -0.3 is 9.47 Å². The molecule has 2 rings (SSSR count). The van der Waals surface area contributed by atoms with Gasteiger partial charge in [0, 0.05) is 18.8 Å². The van der Waals surface area contributed by atoms with Gasteiger partial charge in [-0.15, -0.1) is 0 Å². The Kier molecular flexibility index (Phi) is 4.40. The fourth-order valence-electron chi connectivity index (χ4n) is 3.03. The van der Waals surface area contributed by atoms with Crippen LogP contribution in [0.25, 0.3) is 0 Å². The van der Waals surface area contributed by atoms with E-state index in [9.17, 15) is 4.79 Å². The van der Waals surface area contributed by atoms with Crippen molar-refractivity contribution in [3.8, 4) is 0 Å². The second-order valence-electron chi connectivity index (χ2n) is 5.01. The molecule has 0 N–H and O–H groups in total. The van der Waals surface area contributed by atoms with Crippen LogP contribution < -0.4 is 0 Å². The van der Waals surface area contributed by atoms with Crippen LogP contribution in [0.2, 0.25) is 0 Å². The lowest BCUT2D eigenvalue weighted by Crippen LogP contribution is -2.52. The maximum Gasteiger partial charge on any atom is 0.307 e. The van der Waals surface area contributed by atoms with E-state index < -0.39 is 0 Å². The maximum atomic E-state index is 11.8. The molecular formula is C13H23NO3. The third-order valence-electron chi connectivity index (χ3n) is 3.98. The molecular weight excluding hydrogens is 218 g/mol. The molecule has 98 valence electrons. The topological polar surface area (TPSA) is 38.8 Å². The largest absolute Gasteiger partial charge is 0.466 e. The number of carbonyl (C=O) groups excluding carboxylic acids is 1. The van der Waals surface area contributed by atoms with Crippen molar-refractivity contribution >= 4 is 5.97 Å². The van der Waals surface area contributed by atoms with Crippen molar-refractivity contribution < 1.29 is 14.3 Å². The van der Waals surface area contributed by atoms with Crippen molar-refractivity contribution in [1.82, 2.24) is 4.90 Å². The molecule has 2 saturated heterocycles. The zero-order valence-corrected chi connectivity index (χ0v) is 10.7. The Hall–Kier alpha value is -0.610. The zero-order chi connectivity index (χ0) is 12.1. The third kappa shape index (κ3) is 2.99. The maximum absolute atomic E-state index is 11.8. The molecule has 2 heterocycles. The Labute approximate surface area is 103 Å². The Morgan fingerprint density at radius 2 is 1.94 bits per heavy atom. The third-order valence-corrected chi connectivity index (χ3v) is 3.98. The predicted octanol–water partition coefficient (Wildman–Crippen LogP) is 1.58. The van der Waals surface area contributed by atoms with Crippen LogP contribution in [-0.4, -0.2) is 49.3 Å². The van der Waals surface area contributed by atoms with E-state index in [1.807, 2.05) is 6.92 Å². The second kappa shape index (κ2) is 5.83. The quantitative estimate of drug-likeness (QED) is 0.701. The van der Waals surface area contributed by atoms with E-state index in [1.54, 1.807) is 0 Å². The van der Waals surface area contributed by atoms with E-state index in [0.717, 1.165) is 39.1 Å². The van der Waals surface area contributed by atoms with Gasteiger partial charge in [-0.25, -0.2) is 0 Å². The molecule has 4 heteroatoms. The van der Waals surface area contributed by atoms with Gasteiger partial charge in [0.2, 0.25) is 0 Å². The van der Waals surface area contributed by atoms with Gasteiger partial charge >= 0.3 is 5.97 Å². The van der Waals surface area contributed by atoms with Crippen LogP contribution in [0.1, 0.15) is 39.0 Å². The van der Waals surface area contributed by atoms with Crippen molar-refractivity contribution in [3.63, 3.8) is 0 Å². The minimum Gasteiger partial charge on any atom is -0.466 e. The Morgan fingerprint density at radius 3 is 2.53 bits per heavy atom. The molecule has 2 aliphatic heterocycles. The van der Waals surface area contributed by atoms with Gasteiger partial charge in [0.1, 0.15) is 0 Å². The molecule has 0 saturated carbocycles. The first-order chi connectivity index (χ1) is 8.27. The van der Waals surface area contributed by atoms with E-state index in [0.29, 0.717) is 13.0 Å². The number of hydrogen-bond acceptors (Lipinski definition) is 4. The SMILES string of the molecule is CCOC(=O)CC1(N2CCCC2)CCOCC1. The van der Waals surface area contributed by atoms with Gasteiger partial charge in [0.05, 0.1) is 13.0 Å². The summed E-state index contributed by atoms with van der Waals surface area (Å²) in [5.74, 6) is -0.0544. The van der Waals surface area contributed by atoms with Crippen LogP contribution in [0.4, 0.5) is 0 Å². The molecule has 2 aliphatic rings. The van der Waals surface area contributed by atoms with Crippen LogP contribution in [-0.2, 0) is 14.3 Å². The molecule has 0 aromatic heterocycles. The molecule has 0 aromatic rings. The van der Waals surface area contributed by atoms with Crippen molar-refractivity contribution in [2.75, 3.05) is 32.9 Å². The molecule has 0 aliphatic carbocycles. The predicted molar refractivity (Wildman–Crippen MR) is 64.8 cm³/mol. The molecule has 2 fully saturated rings. The first-order valence-corrected chi connectivity index (χ1v) is 6.75. The number of likely N-dealkylation sites (tertiary alicyclic amines) is 1. The summed E-state index contributed by atoms with van der Waals surface area (Å²) in [6.07, 6.45) is 4.97. The van der Waals surface area contributed by atoms with Gasteiger partial charge in [-0.1, -0.05) is 0 Å². The zero-order valence-electron chi connectivity index (χ0n) is 10.7. The molecule has 0 unspecified atom stereocenters. The fourth-order valence-corrected chi connectivity index (χ4v) is 3.03. The van der Waals surface area contributed by atoms with E-state index in [-0.39, 0.29) is 11.5 Å². The second-order valence-corrected chi connectivity index (χ2v) is 5.01. The molecule has 0 radical (unpaired) electrons. The normalized spacial score (nSPS) is 24.8. The molecule has 0 amide bonds. The minimum absolute atomic E-state index is 0.0149. The van der Waals surface area contributed by atoms with E-state index in [1.165, 1.54) is 12.8 Å². The van der Waals surface area contributed by atoms with E-state index in [2.05, 4.69) is 4.90 Å². The average molecular weight is 241 g/mol. The monoisotopic (exact) mass is 241 g/mol. The number of nitrogens with zero attached hydrogens (tertiary/aromatic N) is 1. The molecule has 0 bridgehead atoms. The molecule has 0 aromatic carbocycles. The Bertz CT molecular complexity index is 255. The van der Waals surface area contributed by atoms with Crippen LogP contribution in [0, 0.1) is 0 Å². The summed E-state index contributed by atoms with van der Waals surface area (Å²) < 4.78 is 10.6. The highest BCUT2D eigenvalue weighted by molar-refractivity contribution is 5.71. The van der Waals surface area contributed by atoms with Gasteiger partial charge in [-0.05, 0) is 45.7 Å². The highest BCUT2D eigenvalue weighted by Gasteiger charge is 2.41. The summed E-state index contributed by atoms with van der Waals surface area (Å²) in [5.41, 5.74) is 0.0149. The van der Waals surface area contributed by atoms with Gasteiger partial charge in [0.25, 0.3) is 0 Å². The smallest absolute Gasteiger partial charge is 0.307 e. The number of esters is 1. The van der Waals surface area contributed by atoms with Crippen LogP contribution in [0.3, 0.4) is 0 Å². The minimum atomic E-state index is -0.0544. The van der Waals surface area contributed by atoms with Crippen molar-refractivity contribution in [3.05, 3.63) is 0 Å². The summed E-state index contributed by atoms with van der Waals surface area (Å²) in [7, 11) is 0. The van der Waals surface area contributed by atoms with Gasteiger partial charge in [-0.3, -0.25) is 9.69 Å². The lowest BCUT2D eigenvalue weighted by molar-refractivity contribution is -0.148. The lowest BCUT2D eigenvalue weighted by Gasteiger charge is -2.44. The summed E-state index contributed by atoms with van der Waals surface area (Å²) in [5, 5.41) is 0. The number of carbonyl (C=O) groups is 1. The highest BCUT2D eigenvalue weighted by Crippen LogP contribution is 2.34. The van der Waals surface area contributed by atoms with E-state index >= 15 is 0 Å². The van der Waals surface area contributed by atoms with E-state index in [4.69, 9.17) is 9.47 Å². The summed E-state index contributed by atoms with van der Waals surface area (Å²) in [6, 6.07) is 0. The van der Waals surface area contributed by atoms with Crippen molar-refractivity contribution in [1.29, 1.82) is 0 Å². The lowest BCUT2D eigenvalue weighted by atomic mass is 9.85. The Balaban J connectivity index is 2.02. The first kappa shape index (κ1) is 12.8. The highest BCUT2D eigenvalue weighted by atomic mass is 16.5. The van der Waals surface area contributed by atoms with Crippen molar-refractivity contribution in [2.45, 2.75) is 44.6 Å². The molecule has 17 heavy (non-hydrogen) atoms. The molecule has 0 atom stereocenters. The fraction of sp³-hybridized carbons (Fsp3) is 0.923. The van der Waals surface area contributed by atoms with Gasteiger partial charge in [0.15, 0.2) is 0 Å². The first-order valence-electron chi connectivity index (χ1n) is 6.75. The average Bonchev–Trinajstić information content (AvgIpc) is 2.84. The summed E-state index contributed by atoms with van der Waals surface area (Å²) in [4.78, 5) is 14.3. The van der Waals surface area contributed by atoms with Crippen LogP contribution >= 0.6 is 0 Å². The van der Waals surface area contributed by atoms with Crippen LogP contribution in [0.5, 0.6) is 0 Å². The van der Waals surface area contributed by atoms with Crippen molar-refractivity contribution in [2.24, 2.45) is 0 Å². The summed E-state index contributed by atoms with van der Waals surface area (Å²) in [6.45, 7) is 6.14. The number of rotatable bonds is 4. The van der Waals surface area contributed by atoms with Crippen LogP contribution in [0.15, 0.2) is 0 Å². The summed E-state index contributed by atoms with van der Waals surface area (Å²) >= 11 is 0. The molecule has 0 spiro atoms.